The zero-order valence-corrected chi connectivity index (χ0v) is 52.0. The summed E-state index contributed by atoms with van der Waals surface area (Å²) in [5.41, 5.74) is 0. The quantitative estimate of drug-likeness (QED) is 0.0261. The molecule has 0 rings (SSSR count). The van der Waals surface area contributed by atoms with Gasteiger partial charge in [0.15, 0.2) is 6.10 Å². The van der Waals surface area contributed by atoms with Gasteiger partial charge in [0, 0.05) is 19.3 Å². The summed E-state index contributed by atoms with van der Waals surface area (Å²) in [5.74, 6) is -1.01. The van der Waals surface area contributed by atoms with E-state index >= 15 is 0 Å². The molecule has 0 bridgehead atoms. The first-order chi connectivity index (χ1) is 40.0. The van der Waals surface area contributed by atoms with Crippen LogP contribution in [-0.2, 0) is 28.6 Å². The van der Waals surface area contributed by atoms with Crippen molar-refractivity contribution in [3.63, 3.8) is 0 Å². The highest BCUT2D eigenvalue weighted by molar-refractivity contribution is 5.71. The maximum atomic E-state index is 12.9. The molecule has 0 fully saturated rings. The number of unbranched alkanes of at least 4 members (excludes halogenated alkanes) is 18. The predicted octanol–water partition coefficient (Wildman–Crippen LogP) is 22.7. The van der Waals surface area contributed by atoms with Crippen molar-refractivity contribution in [3.8, 4) is 0 Å². The Morgan fingerprint density at radius 3 is 0.790 bits per heavy atom. The van der Waals surface area contributed by atoms with Gasteiger partial charge in [-0.15, -0.1) is 0 Å². The van der Waals surface area contributed by atoms with E-state index < -0.39 is 6.10 Å². The summed E-state index contributed by atoms with van der Waals surface area (Å²) >= 11 is 0. The molecule has 1 unspecified atom stereocenters. The van der Waals surface area contributed by atoms with Crippen molar-refractivity contribution in [1.82, 2.24) is 0 Å². The molecule has 0 heterocycles. The maximum Gasteiger partial charge on any atom is 0.306 e. The zero-order valence-electron chi connectivity index (χ0n) is 52.0. The molecule has 0 amide bonds. The lowest BCUT2D eigenvalue weighted by molar-refractivity contribution is -0.167. The van der Waals surface area contributed by atoms with E-state index in [1.54, 1.807) is 0 Å². The van der Waals surface area contributed by atoms with Crippen molar-refractivity contribution >= 4 is 17.9 Å². The maximum absolute atomic E-state index is 12.9. The number of rotatable bonds is 57. The average molecular weight is 1120 g/mol. The minimum absolute atomic E-state index is 0.116. The molecule has 0 radical (unpaired) electrons. The summed E-state index contributed by atoms with van der Waals surface area (Å²) in [6, 6.07) is 0. The fourth-order valence-electron chi connectivity index (χ4n) is 8.41. The van der Waals surface area contributed by atoms with Gasteiger partial charge >= 0.3 is 17.9 Å². The van der Waals surface area contributed by atoms with E-state index in [1.807, 2.05) is 0 Å². The number of allylic oxidation sites excluding steroid dienone is 28. The van der Waals surface area contributed by atoms with E-state index in [2.05, 4.69) is 191 Å². The van der Waals surface area contributed by atoms with Crippen LogP contribution in [0.1, 0.15) is 265 Å². The second-order valence-corrected chi connectivity index (χ2v) is 20.9. The minimum Gasteiger partial charge on any atom is -0.462 e. The number of hydrogen-bond donors (Lipinski definition) is 0. The molecule has 0 aromatic heterocycles. The third kappa shape index (κ3) is 65.5. The number of ether oxygens (including phenoxy) is 3. The van der Waals surface area contributed by atoms with E-state index in [0.717, 1.165) is 141 Å². The van der Waals surface area contributed by atoms with Gasteiger partial charge in [0.2, 0.25) is 0 Å². The fourth-order valence-corrected chi connectivity index (χ4v) is 8.41. The molecule has 0 aliphatic heterocycles. The van der Waals surface area contributed by atoms with Gasteiger partial charge in [-0.05, 0) is 128 Å². The number of carbonyl (C=O) groups excluding carboxylic acids is 3. The van der Waals surface area contributed by atoms with Crippen molar-refractivity contribution in [3.05, 3.63) is 170 Å². The van der Waals surface area contributed by atoms with Gasteiger partial charge < -0.3 is 14.2 Å². The Morgan fingerprint density at radius 1 is 0.259 bits per heavy atom. The first kappa shape index (κ1) is 75.8. The van der Waals surface area contributed by atoms with Crippen molar-refractivity contribution in [2.75, 3.05) is 13.2 Å². The molecule has 0 spiro atoms. The second-order valence-electron chi connectivity index (χ2n) is 20.9. The van der Waals surface area contributed by atoms with Crippen LogP contribution in [0.15, 0.2) is 170 Å². The third-order valence-electron chi connectivity index (χ3n) is 13.2. The smallest absolute Gasteiger partial charge is 0.306 e. The van der Waals surface area contributed by atoms with Crippen LogP contribution in [0, 0.1) is 0 Å². The molecular formula is C75H118O6. The Morgan fingerprint density at radius 2 is 0.494 bits per heavy atom. The van der Waals surface area contributed by atoms with Crippen LogP contribution in [0.5, 0.6) is 0 Å². The lowest BCUT2D eigenvalue weighted by Crippen LogP contribution is -2.30. The van der Waals surface area contributed by atoms with Crippen LogP contribution in [0.4, 0.5) is 0 Å². The third-order valence-corrected chi connectivity index (χ3v) is 13.2. The van der Waals surface area contributed by atoms with E-state index in [1.165, 1.54) is 77.0 Å². The largest absolute Gasteiger partial charge is 0.462 e. The SMILES string of the molecule is CC/C=C\C/C=C\C/C=C\C/C=C\C/C=C\C/C=C\C/C=C\C/C=C\C/C=C\CCCCCC(=O)OCC(COC(=O)CCCCCCCCCCCCCCCCC)OC(=O)CCC/C=C\C/C=C\C/C=C\C/C=C\C/C=C\CC. The number of carbonyl (C=O) groups is 3. The predicted molar refractivity (Wildman–Crippen MR) is 352 cm³/mol. The van der Waals surface area contributed by atoms with Crippen LogP contribution in [-0.4, -0.2) is 37.2 Å². The van der Waals surface area contributed by atoms with Crippen LogP contribution < -0.4 is 0 Å². The van der Waals surface area contributed by atoms with Gasteiger partial charge in [-0.25, -0.2) is 0 Å². The topological polar surface area (TPSA) is 78.9 Å². The lowest BCUT2D eigenvalue weighted by atomic mass is 10.0. The van der Waals surface area contributed by atoms with Gasteiger partial charge in [-0.1, -0.05) is 287 Å². The standard InChI is InChI=1S/C75H118O6/c1-4-7-10-13-16-19-22-25-28-30-31-32-33-34-35-36-37-38-39-40-41-42-43-45-47-50-53-56-59-62-65-68-74(77)80-71-72(70-79-73(76)67-64-61-58-55-52-49-46-27-24-21-18-15-12-9-6-3)81-75(78)69-66-63-60-57-54-51-48-44-29-26-23-20-17-14-11-8-5-2/h7-8,10-11,16-17,19-20,25-26,28-29,31-32,34-35,37-38,40-41,43,45,48,50-51,53,57,60,72H,4-6,9,12-15,18,21-24,27,30,33,36,39,42,44,46-47,49,52,54-56,58-59,61-71H2,1-3H3/b10-7-,11-8-,19-16-,20-17-,28-25-,29-26-,32-31-,35-34-,38-37-,41-40-,45-43-,51-48-,53-50-,60-57-. The molecule has 454 valence electrons. The molecule has 0 saturated heterocycles. The summed E-state index contributed by atoms with van der Waals surface area (Å²) in [6.07, 6.45) is 99.4. The zero-order chi connectivity index (χ0) is 58.5. The van der Waals surface area contributed by atoms with Crippen molar-refractivity contribution in [2.45, 2.75) is 271 Å². The van der Waals surface area contributed by atoms with Crippen LogP contribution in [0.25, 0.3) is 0 Å². The van der Waals surface area contributed by atoms with Crippen molar-refractivity contribution < 1.29 is 28.6 Å². The molecule has 0 aromatic rings. The van der Waals surface area contributed by atoms with Crippen LogP contribution in [0.3, 0.4) is 0 Å². The van der Waals surface area contributed by atoms with E-state index in [-0.39, 0.29) is 37.5 Å². The molecule has 81 heavy (non-hydrogen) atoms. The Balaban J connectivity index is 4.48. The van der Waals surface area contributed by atoms with Gasteiger partial charge in [0.25, 0.3) is 0 Å². The normalized spacial score (nSPS) is 13.3. The first-order valence-corrected chi connectivity index (χ1v) is 32.6. The van der Waals surface area contributed by atoms with Gasteiger partial charge in [-0.2, -0.15) is 0 Å². The Hall–Kier alpha value is -5.23. The molecule has 6 nitrogen and oxygen atoms in total. The molecule has 0 N–H and O–H groups in total. The Labute approximate surface area is 498 Å². The highest BCUT2D eigenvalue weighted by Crippen LogP contribution is 2.15. The molecule has 0 aromatic carbocycles. The summed E-state index contributed by atoms with van der Waals surface area (Å²) < 4.78 is 16.8. The monoisotopic (exact) mass is 1110 g/mol. The van der Waals surface area contributed by atoms with E-state index in [4.69, 9.17) is 14.2 Å². The first-order valence-electron chi connectivity index (χ1n) is 32.6. The van der Waals surface area contributed by atoms with Crippen molar-refractivity contribution in [2.24, 2.45) is 0 Å². The summed E-state index contributed by atoms with van der Waals surface area (Å²) in [7, 11) is 0. The van der Waals surface area contributed by atoms with Crippen LogP contribution >= 0.6 is 0 Å². The van der Waals surface area contributed by atoms with Gasteiger partial charge in [0.1, 0.15) is 13.2 Å². The molecular weight excluding hydrogens is 997 g/mol. The highest BCUT2D eigenvalue weighted by atomic mass is 16.6. The summed E-state index contributed by atoms with van der Waals surface area (Å²) in [4.78, 5) is 38.3. The van der Waals surface area contributed by atoms with Crippen molar-refractivity contribution in [1.29, 1.82) is 0 Å². The van der Waals surface area contributed by atoms with Gasteiger partial charge in [-0.3, -0.25) is 14.4 Å². The second kappa shape index (κ2) is 67.3. The fraction of sp³-hybridized carbons (Fsp3) is 0.587. The van der Waals surface area contributed by atoms with Gasteiger partial charge in [0.05, 0.1) is 0 Å². The summed E-state index contributed by atoms with van der Waals surface area (Å²) in [5, 5.41) is 0. The molecule has 0 aliphatic rings. The molecule has 6 heteroatoms. The van der Waals surface area contributed by atoms with E-state index in [9.17, 15) is 14.4 Å². The number of esters is 3. The Kier molecular flexibility index (Phi) is 62.9. The lowest BCUT2D eigenvalue weighted by Gasteiger charge is -2.18. The molecule has 1 atom stereocenters. The number of hydrogen-bond acceptors (Lipinski definition) is 6. The molecule has 0 saturated carbocycles. The summed E-state index contributed by atoms with van der Waals surface area (Å²) in [6.45, 7) is 6.34. The Bertz CT molecular complexity index is 1860. The highest BCUT2D eigenvalue weighted by Gasteiger charge is 2.19. The van der Waals surface area contributed by atoms with Crippen LogP contribution in [0.2, 0.25) is 0 Å². The molecule has 0 aliphatic carbocycles. The average Bonchev–Trinajstić information content (AvgIpc) is 3.47. The van der Waals surface area contributed by atoms with E-state index in [0.29, 0.717) is 19.3 Å². The minimum atomic E-state index is -0.830.